The number of hydrogen-bond donors (Lipinski definition) is 6. The van der Waals surface area contributed by atoms with Crippen molar-refractivity contribution < 1.29 is 64.9 Å². The first-order chi connectivity index (χ1) is 14.9. The lowest BCUT2D eigenvalue weighted by atomic mass is 9.98. The van der Waals surface area contributed by atoms with Crippen LogP contribution in [0.5, 0.6) is 0 Å². The Morgan fingerprint density at radius 2 is 1.85 bits per heavy atom. The highest BCUT2D eigenvalue weighted by Gasteiger charge is 2.58. The SMILES string of the molecule is Cc1cn([C@@H]2O[C@](COCl)(COP(=O)(O)OP(=O)(O)OP(=O)(O)O)[C@@H](O)[C@H]2F)c(=O)nc1N. The van der Waals surface area contributed by atoms with Gasteiger partial charge in [-0.25, -0.2) is 22.9 Å². The summed E-state index contributed by atoms with van der Waals surface area (Å²) < 4.78 is 70.7. The maximum absolute atomic E-state index is 14.9. The molecule has 1 aliphatic heterocycles. The number of rotatable bonds is 10. The van der Waals surface area contributed by atoms with Gasteiger partial charge in [-0.05, 0) is 6.92 Å². The topological polar surface area (TPSA) is 259 Å². The van der Waals surface area contributed by atoms with Gasteiger partial charge in [-0.3, -0.25) is 13.4 Å². The first kappa shape index (κ1) is 28.4. The molecule has 190 valence electrons. The Morgan fingerprint density at radius 3 is 2.39 bits per heavy atom. The van der Waals surface area contributed by atoms with Gasteiger partial charge in [0.2, 0.25) is 0 Å². The molecule has 0 amide bonds. The largest absolute Gasteiger partial charge is 0.490 e. The maximum Gasteiger partial charge on any atom is 0.490 e. The summed E-state index contributed by atoms with van der Waals surface area (Å²) in [6.45, 7) is -0.794. The zero-order chi connectivity index (χ0) is 25.4. The summed E-state index contributed by atoms with van der Waals surface area (Å²) in [5.41, 5.74) is 2.26. The average molecular weight is 564 g/mol. The molecular formula is C11H18ClFN3O14P3. The molecule has 1 aliphatic rings. The van der Waals surface area contributed by atoms with Crippen LogP contribution in [0.3, 0.4) is 0 Å². The summed E-state index contributed by atoms with van der Waals surface area (Å²) in [6, 6.07) is 0. The Hall–Kier alpha value is -0.810. The fraction of sp³-hybridized carbons (Fsp3) is 0.636. The predicted molar refractivity (Wildman–Crippen MR) is 103 cm³/mol. The van der Waals surface area contributed by atoms with Crippen LogP contribution in [0.2, 0.25) is 0 Å². The van der Waals surface area contributed by atoms with Gasteiger partial charge in [0.25, 0.3) is 0 Å². The van der Waals surface area contributed by atoms with Crippen molar-refractivity contribution in [3.8, 4) is 0 Å². The molecule has 1 aromatic rings. The lowest BCUT2D eigenvalue weighted by Gasteiger charge is -2.30. The number of phosphoric ester groups is 1. The Morgan fingerprint density at radius 1 is 1.24 bits per heavy atom. The van der Waals surface area contributed by atoms with Crippen LogP contribution < -0.4 is 11.4 Å². The van der Waals surface area contributed by atoms with Crippen molar-refractivity contribution in [2.75, 3.05) is 18.9 Å². The van der Waals surface area contributed by atoms with Crippen LogP contribution >= 0.6 is 35.3 Å². The number of phosphoric acid groups is 3. The van der Waals surface area contributed by atoms with E-state index in [2.05, 4.69) is 22.4 Å². The van der Waals surface area contributed by atoms with Crippen LogP contribution in [-0.4, -0.2) is 65.3 Å². The first-order valence-corrected chi connectivity index (χ1v) is 13.1. The number of halogens is 2. The highest BCUT2D eigenvalue weighted by atomic mass is 35.5. The number of nitrogen functional groups attached to an aromatic ring is 1. The fourth-order valence-corrected chi connectivity index (χ4v) is 5.92. The van der Waals surface area contributed by atoms with Gasteiger partial charge in [0, 0.05) is 11.8 Å². The van der Waals surface area contributed by atoms with Gasteiger partial charge in [0.05, 0.1) is 18.5 Å². The zero-order valence-corrected chi connectivity index (χ0v) is 19.6. The number of alkyl halides is 1. The molecule has 1 fully saturated rings. The Labute approximate surface area is 188 Å². The summed E-state index contributed by atoms with van der Waals surface area (Å²) in [4.78, 5) is 51.4. The second kappa shape index (κ2) is 10.0. The van der Waals surface area contributed by atoms with Crippen LogP contribution in [-0.2, 0) is 35.9 Å². The van der Waals surface area contributed by atoms with E-state index in [0.29, 0.717) is 4.57 Å². The van der Waals surface area contributed by atoms with Crippen LogP contribution in [0.1, 0.15) is 11.8 Å². The molecule has 1 aromatic heterocycles. The molecule has 1 saturated heterocycles. The van der Waals surface area contributed by atoms with Crippen molar-refractivity contribution in [2.24, 2.45) is 0 Å². The lowest BCUT2D eigenvalue weighted by molar-refractivity contribution is -0.143. The molecule has 2 heterocycles. The number of nitrogens with zero attached hydrogens (tertiary/aromatic N) is 2. The predicted octanol–water partition coefficient (Wildman–Crippen LogP) is -0.386. The van der Waals surface area contributed by atoms with Crippen molar-refractivity contribution in [2.45, 2.75) is 31.0 Å². The smallest absolute Gasteiger partial charge is 0.387 e. The maximum atomic E-state index is 14.9. The van der Waals surface area contributed by atoms with Crippen molar-refractivity contribution in [3.63, 3.8) is 0 Å². The van der Waals surface area contributed by atoms with E-state index in [0.717, 1.165) is 6.20 Å². The van der Waals surface area contributed by atoms with Gasteiger partial charge in [0.1, 0.15) is 24.1 Å². The van der Waals surface area contributed by atoms with Crippen LogP contribution in [0.25, 0.3) is 0 Å². The normalized spacial score (nSPS) is 29.5. The minimum Gasteiger partial charge on any atom is -0.387 e. The highest BCUT2D eigenvalue weighted by Crippen LogP contribution is 2.66. The van der Waals surface area contributed by atoms with Gasteiger partial charge in [0.15, 0.2) is 12.4 Å². The fourth-order valence-electron chi connectivity index (χ4n) is 2.66. The Kier molecular flexibility index (Phi) is 8.66. The zero-order valence-electron chi connectivity index (χ0n) is 16.2. The number of ether oxygens (including phenoxy) is 1. The quantitative estimate of drug-likeness (QED) is 0.198. The minimum atomic E-state index is -5.84. The van der Waals surface area contributed by atoms with Gasteiger partial charge in [-0.1, -0.05) is 0 Å². The van der Waals surface area contributed by atoms with E-state index in [1.165, 1.54) is 6.92 Å². The minimum absolute atomic E-state index is 0.159. The van der Waals surface area contributed by atoms with E-state index in [1.807, 2.05) is 0 Å². The molecule has 2 rings (SSSR count). The number of nitrogens with two attached hydrogens (primary N) is 1. The molecule has 2 unspecified atom stereocenters. The molecule has 17 nitrogen and oxygen atoms in total. The molecule has 0 aromatic carbocycles. The van der Waals surface area contributed by atoms with Crippen LogP contribution in [0, 0.1) is 6.92 Å². The molecule has 6 atom stereocenters. The molecule has 0 saturated carbocycles. The van der Waals surface area contributed by atoms with Gasteiger partial charge in [-0.2, -0.15) is 13.6 Å². The van der Waals surface area contributed by atoms with E-state index >= 15 is 0 Å². The summed E-state index contributed by atoms with van der Waals surface area (Å²) in [5, 5.41) is 10.3. The third-order valence-electron chi connectivity index (χ3n) is 4.10. The lowest BCUT2D eigenvalue weighted by Crippen LogP contribution is -2.49. The number of anilines is 1. The summed E-state index contributed by atoms with van der Waals surface area (Å²) in [6.07, 6.45) is -5.42. The monoisotopic (exact) mass is 563 g/mol. The van der Waals surface area contributed by atoms with Gasteiger partial charge < -0.3 is 35.2 Å². The van der Waals surface area contributed by atoms with Crippen molar-refractivity contribution in [1.29, 1.82) is 0 Å². The average Bonchev–Trinajstić information content (AvgIpc) is 2.86. The molecule has 22 heteroatoms. The Balaban J connectivity index is 2.28. The van der Waals surface area contributed by atoms with E-state index in [9.17, 15) is 37.8 Å². The summed E-state index contributed by atoms with van der Waals surface area (Å²) in [5.74, 6) is -0.159. The molecule has 0 spiro atoms. The number of hydrogen-bond acceptors (Lipinski definition) is 12. The molecule has 0 aliphatic carbocycles. The molecule has 0 radical (unpaired) electrons. The Bertz CT molecular complexity index is 1080. The second-order valence-corrected chi connectivity index (χ2v) is 11.2. The first-order valence-electron chi connectivity index (χ1n) is 8.29. The van der Waals surface area contributed by atoms with Gasteiger partial charge >= 0.3 is 29.2 Å². The highest BCUT2D eigenvalue weighted by molar-refractivity contribution is 7.66. The van der Waals surface area contributed by atoms with Crippen LogP contribution in [0.15, 0.2) is 11.0 Å². The summed E-state index contributed by atoms with van der Waals surface area (Å²) in [7, 11) is -17.1. The molecule has 0 bridgehead atoms. The van der Waals surface area contributed by atoms with E-state index in [-0.39, 0.29) is 11.4 Å². The number of aliphatic hydroxyl groups excluding tert-OH is 1. The van der Waals surface area contributed by atoms with Crippen molar-refractivity contribution >= 4 is 41.2 Å². The third-order valence-corrected chi connectivity index (χ3v) is 7.99. The molecule has 33 heavy (non-hydrogen) atoms. The van der Waals surface area contributed by atoms with E-state index < -0.39 is 66.5 Å². The van der Waals surface area contributed by atoms with Crippen molar-refractivity contribution in [1.82, 2.24) is 9.55 Å². The second-order valence-electron chi connectivity index (χ2n) is 6.58. The van der Waals surface area contributed by atoms with Gasteiger partial charge in [-0.15, -0.1) is 0 Å². The number of aliphatic hydroxyl groups is 1. The number of aryl methyl sites for hydroxylation is 1. The third kappa shape index (κ3) is 7.10. The van der Waals surface area contributed by atoms with E-state index in [4.69, 9.17) is 32.1 Å². The summed E-state index contributed by atoms with van der Waals surface area (Å²) >= 11 is 5.16. The molecular weight excluding hydrogens is 546 g/mol. The van der Waals surface area contributed by atoms with E-state index in [1.54, 1.807) is 0 Å². The van der Waals surface area contributed by atoms with Crippen LogP contribution in [0.4, 0.5) is 10.2 Å². The molecule has 7 N–H and O–H groups in total. The van der Waals surface area contributed by atoms with Crippen molar-refractivity contribution in [3.05, 3.63) is 22.2 Å². The number of aromatic nitrogens is 2. The standard InChI is InChI=1S/C11H18ClFN3O14P3/c1-5-2-16(10(18)15-8(5)14)9-6(13)7(17)11(28-9,3-26-12)4-27-32(22,23)30-33(24,25)29-31(19,20)21/h2,6-7,9,17H,3-4H2,1H3,(H,22,23)(H,24,25)(H2,14,15,18)(H2,19,20,21)/t6-,7+,9-,11-/m1/s1.